The van der Waals surface area contributed by atoms with Crippen LogP contribution in [-0.4, -0.2) is 22.7 Å². The third kappa shape index (κ3) is 1.78. The molecule has 0 aliphatic rings. The van der Waals surface area contributed by atoms with Gasteiger partial charge in [0.1, 0.15) is 5.15 Å². The van der Waals surface area contributed by atoms with Crippen LogP contribution < -0.4 is 11.0 Å². The summed E-state index contributed by atoms with van der Waals surface area (Å²) in [6.07, 6.45) is 0.766. The molecule has 0 fully saturated rings. The lowest BCUT2D eigenvalue weighted by Gasteiger charge is -2.00. The molecule has 4 nitrogen and oxygen atoms in total. The molecule has 1 heterocycles. The topological polar surface area (TPSA) is 39.0 Å². The van der Waals surface area contributed by atoms with Gasteiger partial charge in [0.2, 0.25) is 0 Å². The highest BCUT2D eigenvalue weighted by molar-refractivity contribution is 6.30. The van der Waals surface area contributed by atoms with Gasteiger partial charge >= 0.3 is 5.69 Å². The highest BCUT2D eigenvalue weighted by atomic mass is 35.5. The molecule has 0 unspecified atom stereocenters. The van der Waals surface area contributed by atoms with Crippen LogP contribution in [0, 0.1) is 0 Å². The Hall–Kier alpha value is -0.740. The third-order valence-electron chi connectivity index (χ3n) is 2.12. The van der Waals surface area contributed by atoms with Crippen molar-refractivity contribution in [3.63, 3.8) is 0 Å². The Bertz CT molecular complexity index is 353. The van der Waals surface area contributed by atoms with Crippen LogP contribution in [0.5, 0.6) is 0 Å². The first-order valence-electron chi connectivity index (χ1n) is 4.14. The molecule has 0 bridgehead atoms. The van der Waals surface area contributed by atoms with Crippen LogP contribution in [0.4, 0.5) is 0 Å². The van der Waals surface area contributed by atoms with Gasteiger partial charge in [-0.2, -0.15) is 0 Å². The highest BCUT2D eigenvalue weighted by Crippen LogP contribution is 2.12. The summed E-state index contributed by atoms with van der Waals surface area (Å²) in [6.45, 7) is 0.816. The van der Waals surface area contributed by atoms with Crippen LogP contribution in [0.15, 0.2) is 4.79 Å². The summed E-state index contributed by atoms with van der Waals surface area (Å²) < 4.78 is 3.03. The fraction of sp³-hybridized carbons (Fsp3) is 0.625. The average molecular weight is 204 g/mol. The number of hydrogen-bond donors (Lipinski definition) is 1. The molecule has 74 valence electrons. The molecule has 0 aliphatic heterocycles. The van der Waals surface area contributed by atoms with Crippen molar-refractivity contribution in [2.45, 2.75) is 6.42 Å². The Morgan fingerprint density at radius 2 is 2.00 bits per heavy atom. The summed E-state index contributed by atoms with van der Waals surface area (Å²) in [7, 11) is 5.28. The molecule has 1 rings (SSSR count). The van der Waals surface area contributed by atoms with Gasteiger partial charge in [0.25, 0.3) is 0 Å². The van der Waals surface area contributed by atoms with Crippen molar-refractivity contribution in [3.8, 4) is 0 Å². The molecule has 1 N–H and O–H groups in total. The zero-order valence-electron chi connectivity index (χ0n) is 8.09. The summed E-state index contributed by atoms with van der Waals surface area (Å²) in [4.78, 5) is 11.4. The summed E-state index contributed by atoms with van der Waals surface area (Å²) in [5, 5.41) is 3.55. The van der Waals surface area contributed by atoms with E-state index in [9.17, 15) is 4.79 Å². The van der Waals surface area contributed by atoms with E-state index in [4.69, 9.17) is 11.6 Å². The molecule has 1 aromatic heterocycles. The number of aromatic nitrogens is 2. The maximum atomic E-state index is 11.4. The van der Waals surface area contributed by atoms with E-state index in [1.165, 1.54) is 4.57 Å². The van der Waals surface area contributed by atoms with E-state index in [2.05, 4.69) is 5.32 Å². The average Bonchev–Trinajstić information content (AvgIpc) is 2.30. The zero-order chi connectivity index (χ0) is 10.0. The van der Waals surface area contributed by atoms with Crippen molar-refractivity contribution in [1.82, 2.24) is 14.5 Å². The van der Waals surface area contributed by atoms with Gasteiger partial charge < -0.3 is 5.32 Å². The third-order valence-corrected chi connectivity index (χ3v) is 2.59. The molecular formula is C8H14ClN3O. The molecule has 5 heteroatoms. The van der Waals surface area contributed by atoms with Crippen LogP contribution in [0.3, 0.4) is 0 Å². The molecule has 13 heavy (non-hydrogen) atoms. The van der Waals surface area contributed by atoms with E-state index in [0.29, 0.717) is 5.15 Å². The zero-order valence-corrected chi connectivity index (χ0v) is 8.85. The lowest BCUT2D eigenvalue weighted by atomic mass is 10.3. The molecule has 0 saturated carbocycles. The lowest BCUT2D eigenvalue weighted by Crippen LogP contribution is -2.21. The Kier molecular flexibility index (Phi) is 3.17. The van der Waals surface area contributed by atoms with E-state index in [1.54, 1.807) is 18.7 Å². The Labute approximate surface area is 82.1 Å². The van der Waals surface area contributed by atoms with Crippen molar-refractivity contribution in [3.05, 3.63) is 21.3 Å². The summed E-state index contributed by atoms with van der Waals surface area (Å²) >= 11 is 5.97. The van der Waals surface area contributed by atoms with Gasteiger partial charge in [-0.25, -0.2) is 4.79 Å². The number of nitrogens with zero attached hydrogens (tertiary/aromatic N) is 2. The largest absolute Gasteiger partial charge is 0.329 e. The Morgan fingerprint density at radius 3 is 2.38 bits per heavy atom. The standard InChI is InChI=1S/C8H14ClN3O/c1-10-5-4-6-7(9)12(3)8(13)11(6)2/h10H,4-5H2,1-3H3. The highest BCUT2D eigenvalue weighted by Gasteiger charge is 2.11. The SMILES string of the molecule is CNCCc1c(Cl)n(C)c(=O)n1C. The Morgan fingerprint density at radius 1 is 1.38 bits per heavy atom. The first kappa shape index (κ1) is 10.3. The molecule has 0 saturated heterocycles. The van der Waals surface area contributed by atoms with Crippen molar-refractivity contribution in [1.29, 1.82) is 0 Å². The van der Waals surface area contributed by atoms with Gasteiger partial charge in [-0.3, -0.25) is 9.13 Å². The van der Waals surface area contributed by atoms with E-state index >= 15 is 0 Å². The number of likely N-dealkylation sites (N-methyl/N-ethyl adjacent to an activating group) is 1. The van der Waals surface area contributed by atoms with Crippen LogP contribution >= 0.6 is 11.6 Å². The minimum atomic E-state index is -0.0731. The van der Waals surface area contributed by atoms with E-state index < -0.39 is 0 Å². The number of halogens is 1. The van der Waals surface area contributed by atoms with Crippen LogP contribution in [0.1, 0.15) is 5.69 Å². The molecule has 1 aromatic rings. The number of rotatable bonds is 3. The molecule has 0 amide bonds. The van der Waals surface area contributed by atoms with Gasteiger partial charge in [0, 0.05) is 27.1 Å². The van der Waals surface area contributed by atoms with Crippen LogP contribution in [-0.2, 0) is 20.5 Å². The number of hydrogen-bond acceptors (Lipinski definition) is 2. The van der Waals surface area contributed by atoms with Crippen molar-refractivity contribution in [2.24, 2.45) is 14.1 Å². The van der Waals surface area contributed by atoms with Crippen molar-refractivity contribution >= 4 is 11.6 Å². The first-order valence-corrected chi connectivity index (χ1v) is 4.52. The summed E-state index contributed by atoms with van der Waals surface area (Å²) in [6, 6.07) is 0. The lowest BCUT2D eigenvalue weighted by molar-refractivity contribution is 0.716. The first-order chi connectivity index (χ1) is 6.09. The van der Waals surface area contributed by atoms with Gasteiger partial charge in [-0.1, -0.05) is 11.6 Å². The van der Waals surface area contributed by atoms with Gasteiger partial charge in [0.15, 0.2) is 0 Å². The van der Waals surface area contributed by atoms with Crippen LogP contribution in [0.25, 0.3) is 0 Å². The monoisotopic (exact) mass is 203 g/mol. The number of imidazole rings is 1. The second-order valence-electron chi connectivity index (χ2n) is 2.99. The summed E-state index contributed by atoms with van der Waals surface area (Å²) in [5.74, 6) is 0. The van der Waals surface area contributed by atoms with Gasteiger partial charge in [-0.05, 0) is 7.05 Å². The minimum absolute atomic E-state index is 0.0731. The van der Waals surface area contributed by atoms with Crippen molar-refractivity contribution in [2.75, 3.05) is 13.6 Å². The quantitative estimate of drug-likeness (QED) is 0.759. The normalized spacial score (nSPS) is 10.8. The minimum Gasteiger partial charge on any atom is -0.319 e. The molecule has 0 spiro atoms. The molecule has 0 aromatic carbocycles. The number of nitrogens with one attached hydrogen (secondary N) is 1. The molecule has 0 atom stereocenters. The van der Waals surface area contributed by atoms with E-state index in [-0.39, 0.29) is 5.69 Å². The fourth-order valence-electron chi connectivity index (χ4n) is 1.27. The second-order valence-corrected chi connectivity index (χ2v) is 3.35. The van der Waals surface area contributed by atoms with E-state index in [0.717, 1.165) is 18.7 Å². The predicted octanol–water partition coefficient (Wildman–Crippen LogP) is 0.139. The van der Waals surface area contributed by atoms with Crippen molar-refractivity contribution < 1.29 is 0 Å². The smallest absolute Gasteiger partial charge is 0.319 e. The predicted molar refractivity (Wildman–Crippen MR) is 53.3 cm³/mol. The molecule has 0 aliphatic carbocycles. The summed E-state index contributed by atoms with van der Waals surface area (Å²) in [5.41, 5.74) is 0.805. The Balaban J connectivity index is 3.06. The van der Waals surface area contributed by atoms with E-state index in [1.807, 2.05) is 7.05 Å². The van der Waals surface area contributed by atoms with Gasteiger partial charge in [-0.15, -0.1) is 0 Å². The second kappa shape index (κ2) is 3.98. The molecule has 0 radical (unpaired) electrons. The maximum Gasteiger partial charge on any atom is 0.329 e. The molecular weight excluding hydrogens is 190 g/mol. The van der Waals surface area contributed by atoms with Gasteiger partial charge in [0.05, 0.1) is 5.69 Å². The maximum absolute atomic E-state index is 11.4. The van der Waals surface area contributed by atoms with Crippen LogP contribution in [0.2, 0.25) is 5.15 Å². The fourth-order valence-corrected chi connectivity index (χ4v) is 1.56.